The number of benzene rings is 1. The fraction of sp³-hybridized carbons (Fsp3) is 0.412. The van der Waals surface area contributed by atoms with Crippen LogP contribution in [0.25, 0.3) is 5.69 Å². The molecule has 2 heterocycles. The first-order valence-electron chi connectivity index (χ1n) is 7.96. The Kier molecular flexibility index (Phi) is 5.03. The zero-order valence-corrected chi connectivity index (χ0v) is 15.4. The van der Waals surface area contributed by atoms with Gasteiger partial charge in [0.25, 0.3) is 5.91 Å². The quantitative estimate of drug-likeness (QED) is 0.817. The van der Waals surface area contributed by atoms with Crippen molar-refractivity contribution in [3.63, 3.8) is 0 Å². The molecule has 1 fully saturated rings. The van der Waals surface area contributed by atoms with Gasteiger partial charge in [-0.15, -0.1) is 0 Å². The first-order valence-corrected chi connectivity index (χ1v) is 9.18. The predicted octanol–water partition coefficient (Wildman–Crippen LogP) is 3.38. The molecule has 1 aliphatic heterocycles. The Balaban J connectivity index is 1.87. The molecule has 0 radical (unpaired) electrons. The number of ether oxygens (including phenoxy) is 1. The van der Waals surface area contributed by atoms with Crippen LogP contribution in [0, 0.1) is 17.8 Å². The summed E-state index contributed by atoms with van der Waals surface area (Å²) in [5.74, 6) is 0.201. The van der Waals surface area contributed by atoms with Gasteiger partial charge < -0.3 is 15.8 Å². The number of nitrogen functional groups attached to an aromatic ring is 1. The summed E-state index contributed by atoms with van der Waals surface area (Å²) in [6.07, 6.45) is 2.13. The predicted molar refractivity (Wildman–Crippen MR) is 99.7 cm³/mol. The number of nitrogens with two attached hydrogens (primary N) is 1. The fourth-order valence-corrected chi connectivity index (χ4v) is 4.10. The molecule has 1 aromatic carbocycles. The summed E-state index contributed by atoms with van der Waals surface area (Å²) >= 11 is 6.69. The summed E-state index contributed by atoms with van der Waals surface area (Å²) in [5.41, 5.74) is 9.36. The molecule has 0 spiro atoms. The van der Waals surface area contributed by atoms with Gasteiger partial charge in [-0.1, -0.05) is 23.5 Å². The van der Waals surface area contributed by atoms with Crippen molar-refractivity contribution in [3.05, 3.63) is 38.2 Å². The van der Waals surface area contributed by atoms with Gasteiger partial charge in [-0.3, -0.25) is 9.36 Å². The SMILES string of the molecule is Cc1ccc(C)c(-n2c(N)c(C(=O)NCC3CCCO3)sc2=S)c1. The maximum absolute atomic E-state index is 12.5. The monoisotopic (exact) mass is 363 g/mol. The molecule has 24 heavy (non-hydrogen) atoms. The van der Waals surface area contributed by atoms with E-state index in [0.717, 1.165) is 36.3 Å². The highest BCUT2D eigenvalue weighted by atomic mass is 32.1. The van der Waals surface area contributed by atoms with E-state index >= 15 is 0 Å². The van der Waals surface area contributed by atoms with E-state index in [2.05, 4.69) is 5.32 Å². The van der Waals surface area contributed by atoms with E-state index < -0.39 is 0 Å². The number of hydrogen-bond acceptors (Lipinski definition) is 5. The zero-order chi connectivity index (χ0) is 17.3. The van der Waals surface area contributed by atoms with Gasteiger partial charge in [0.1, 0.15) is 10.7 Å². The topological polar surface area (TPSA) is 69.3 Å². The molecule has 128 valence electrons. The summed E-state index contributed by atoms with van der Waals surface area (Å²) in [5, 5.41) is 2.91. The molecule has 1 saturated heterocycles. The number of aryl methyl sites for hydroxylation is 2. The Morgan fingerprint density at radius 2 is 2.29 bits per heavy atom. The number of hydrogen-bond donors (Lipinski definition) is 2. The second kappa shape index (κ2) is 7.04. The lowest BCUT2D eigenvalue weighted by molar-refractivity contribution is 0.0861. The van der Waals surface area contributed by atoms with Crippen LogP contribution in [-0.4, -0.2) is 29.7 Å². The minimum absolute atomic E-state index is 0.101. The van der Waals surface area contributed by atoms with Gasteiger partial charge in [0.05, 0.1) is 11.8 Å². The summed E-state index contributed by atoms with van der Waals surface area (Å²) in [7, 11) is 0. The maximum Gasteiger partial charge on any atom is 0.265 e. The molecular formula is C17H21N3O2S2. The van der Waals surface area contributed by atoms with E-state index in [-0.39, 0.29) is 12.0 Å². The van der Waals surface area contributed by atoms with Crippen LogP contribution in [0.3, 0.4) is 0 Å². The van der Waals surface area contributed by atoms with Crippen molar-refractivity contribution < 1.29 is 9.53 Å². The first-order chi connectivity index (χ1) is 11.5. The standard InChI is InChI=1S/C17H21N3O2S2/c1-10-5-6-11(2)13(8-10)20-15(18)14(24-17(20)23)16(21)19-9-12-4-3-7-22-12/h5-6,8,12H,3-4,7,9,18H2,1-2H3,(H,19,21). The van der Waals surface area contributed by atoms with Crippen molar-refractivity contribution in [1.29, 1.82) is 0 Å². The van der Waals surface area contributed by atoms with E-state index in [0.29, 0.717) is 21.2 Å². The molecule has 7 heteroatoms. The van der Waals surface area contributed by atoms with Crippen LogP contribution in [0.15, 0.2) is 18.2 Å². The van der Waals surface area contributed by atoms with Crippen molar-refractivity contribution in [2.75, 3.05) is 18.9 Å². The van der Waals surface area contributed by atoms with Gasteiger partial charge in [0.2, 0.25) is 0 Å². The maximum atomic E-state index is 12.5. The van der Waals surface area contributed by atoms with E-state index in [1.54, 1.807) is 4.57 Å². The van der Waals surface area contributed by atoms with Gasteiger partial charge >= 0.3 is 0 Å². The summed E-state index contributed by atoms with van der Waals surface area (Å²) in [4.78, 5) is 12.9. The molecule has 1 aromatic heterocycles. The average molecular weight is 364 g/mol. The number of amides is 1. The van der Waals surface area contributed by atoms with Crippen molar-refractivity contribution in [2.24, 2.45) is 0 Å². The van der Waals surface area contributed by atoms with Crippen LogP contribution in [0.5, 0.6) is 0 Å². The molecule has 1 atom stereocenters. The molecule has 5 nitrogen and oxygen atoms in total. The molecule has 0 saturated carbocycles. The van der Waals surface area contributed by atoms with E-state index in [1.807, 2.05) is 32.0 Å². The van der Waals surface area contributed by atoms with Gasteiger partial charge in [-0.25, -0.2) is 0 Å². The molecule has 2 aromatic rings. The lowest BCUT2D eigenvalue weighted by Gasteiger charge is -2.12. The first kappa shape index (κ1) is 17.1. The highest BCUT2D eigenvalue weighted by molar-refractivity contribution is 7.73. The Morgan fingerprint density at radius 3 is 3.00 bits per heavy atom. The van der Waals surface area contributed by atoms with Crippen LogP contribution in [0.2, 0.25) is 0 Å². The number of nitrogens with one attached hydrogen (secondary N) is 1. The zero-order valence-electron chi connectivity index (χ0n) is 13.8. The van der Waals surface area contributed by atoms with Crippen LogP contribution >= 0.6 is 23.6 Å². The van der Waals surface area contributed by atoms with Crippen LogP contribution in [0.1, 0.15) is 33.6 Å². The summed E-state index contributed by atoms with van der Waals surface area (Å²) < 4.78 is 7.88. The Labute approximate surface area is 150 Å². The normalized spacial score (nSPS) is 17.2. The smallest absolute Gasteiger partial charge is 0.265 e. The molecule has 1 amide bonds. The average Bonchev–Trinajstić information content (AvgIpc) is 3.16. The second-order valence-corrected chi connectivity index (χ2v) is 7.70. The molecule has 0 bridgehead atoms. The number of rotatable bonds is 4. The lowest BCUT2D eigenvalue weighted by Crippen LogP contribution is -2.31. The Morgan fingerprint density at radius 1 is 1.50 bits per heavy atom. The van der Waals surface area contributed by atoms with Gasteiger partial charge in [-0.2, -0.15) is 0 Å². The van der Waals surface area contributed by atoms with E-state index in [1.165, 1.54) is 11.3 Å². The van der Waals surface area contributed by atoms with Crippen molar-refractivity contribution in [3.8, 4) is 5.69 Å². The Hall–Kier alpha value is -1.70. The van der Waals surface area contributed by atoms with Crippen LogP contribution in [-0.2, 0) is 4.74 Å². The minimum atomic E-state index is -0.192. The number of anilines is 1. The number of aromatic nitrogens is 1. The number of nitrogens with zero attached hydrogens (tertiary/aromatic N) is 1. The van der Waals surface area contributed by atoms with Gasteiger partial charge in [-0.05, 0) is 56.1 Å². The highest BCUT2D eigenvalue weighted by Crippen LogP contribution is 2.28. The van der Waals surface area contributed by atoms with Gasteiger partial charge in [0.15, 0.2) is 3.95 Å². The number of carbonyl (C=O) groups excluding carboxylic acids is 1. The second-order valence-electron chi connectivity index (χ2n) is 6.05. The molecular weight excluding hydrogens is 342 g/mol. The largest absolute Gasteiger partial charge is 0.383 e. The molecule has 1 aliphatic rings. The molecule has 1 unspecified atom stereocenters. The highest BCUT2D eigenvalue weighted by Gasteiger charge is 2.21. The van der Waals surface area contributed by atoms with E-state index in [9.17, 15) is 4.79 Å². The summed E-state index contributed by atoms with van der Waals surface area (Å²) in [6, 6.07) is 6.10. The molecule has 3 rings (SSSR count). The van der Waals surface area contributed by atoms with Crippen molar-refractivity contribution in [2.45, 2.75) is 32.8 Å². The van der Waals surface area contributed by atoms with Gasteiger partial charge in [0, 0.05) is 13.2 Å². The molecule has 0 aliphatic carbocycles. The minimum Gasteiger partial charge on any atom is -0.383 e. The number of carbonyl (C=O) groups is 1. The fourth-order valence-electron chi connectivity index (χ4n) is 2.83. The van der Waals surface area contributed by atoms with Crippen molar-refractivity contribution >= 4 is 35.3 Å². The third-order valence-electron chi connectivity index (χ3n) is 4.17. The number of thiazole rings is 1. The third-order valence-corrected chi connectivity index (χ3v) is 5.56. The lowest BCUT2D eigenvalue weighted by atomic mass is 10.1. The third kappa shape index (κ3) is 3.38. The molecule has 3 N–H and O–H groups in total. The Bertz CT molecular complexity index is 820. The van der Waals surface area contributed by atoms with Crippen LogP contribution in [0.4, 0.5) is 5.82 Å². The van der Waals surface area contributed by atoms with Crippen molar-refractivity contribution in [1.82, 2.24) is 9.88 Å². The van der Waals surface area contributed by atoms with Crippen LogP contribution < -0.4 is 11.1 Å². The van der Waals surface area contributed by atoms with E-state index in [4.69, 9.17) is 22.7 Å². The summed E-state index contributed by atoms with van der Waals surface area (Å²) in [6.45, 7) is 5.30.